The van der Waals surface area contributed by atoms with Crippen molar-refractivity contribution in [3.63, 3.8) is 0 Å². The predicted molar refractivity (Wildman–Crippen MR) is 79.5 cm³/mol. The summed E-state index contributed by atoms with van der Waals surface area (Å²) in [7, 11) is 0. The van der Waals surface area contributed by atoms with Gasteiger partial charge in [0.15, 0.2) is 6.61 Å². The lowest BCUT2D eigenvalue weighted by Crippen LogP contribution is -2.36. The van der Waals surface area contributed by atoms with E-state index >= 15 is 0 Å². The highest BCUT2D eigenvalue weighted by atomic mass is 16.5. The summed E-state index contributed by atoms with van der Waals surface area (Å²) >= 11 is 0. The van der Waals surface area contributed by atoms with Crippen molar-refractivity contribution in [2.45, 2.75) is 26.7 Å². The average Bonchev–Trinajstić information content (AvgIpc) is 2.41. The molecule has 0 heterocycles. The number of amides is 1. The van der Waals surface area contributed by atoms with Gasteiger partial charge in [0.25, 0.3) is 5.91 Å². The first-order chi connectivity index (χ1) is 9.43. The molecule has 5 heteroatoms. The van der Waals surface area contributed by atoms with Crippen LogP contribution in [0.2, 0.25) is 0 Å². The van der Waals surface area contributed by atoms with E-state index in [0.717, 1.165) is 12.8 Å². The van der Waals surface area contributed by atoms with Gasteiger partial charge in [0, 0.05) is 24.9 Å². The Balaban J connectivity index is 2.30. The molecular formula is C15H24N2O3. The van der Waals surface area contributed by atoms with Gasteiger partial charge >= 0.3 is 0 Å². The molecule has 4 N–H and O–H groups in total. The van der Waals surface area contributed by atoms with Crippen molar-refractivity contribution in [3.05, 3.63) is 24.3 Å². The molecule has 0 saturated heterocycles. The predicted octanol–water partition coefficient (Wildman–Crippen LogP) is 1.56. The minimum atomic E-state index is -0.163. The van der Waals surface area contributed by atoms with Gasteiger partial charge in [-0.1, -0.05) is 19.9 Å². The summed E-state index contributed by atoms with van der Waals surface area (Å²) in [5, 5.41) is 11.7. The van der Waals surface area contributed by atoms with E-state index in [-0.39, 0.29) is 24.5 Å². The number of hydrogen-bond acceptors (Lipinski definition) is 4. The van der Waals surface area contributed by atoms with Crippen LogP contribution in [-0.4, -0.2) is 30.8 Å². The summed E-state index contributed by atoms with van der Waals surface area (Å²) < 4.78 is 5.36. The Hall–Kier alpha value is -1.75. The SMILES string of the molecule is CC(C)(CCCO)CNC(=O)COc1cccc(N)c1. The normalized spacial score (nSPS) is 11.2. The van der Waals surface area contributed by atoms with Gasteiger partial charge < -0.3 is 20.9 Å². The van der Waals surface area contributed by atoms with Gasteiger partial charge in [0.1, 0.15) is 5.75 Å². The maximum atomic E-state index is 11.7. The second-order valence-corrected chi connectivity index (χ2v) is 5.63. The van der Waals surface area contributed by atoms with E-state index < -0.39 is 0 Å². The van der Waals surface area contributed by atoms with E-state index in [1.165, 1.54) is 0 Å². The molecule has 0 radical (unpaired) electrons. The van der Waals surface area contributed by atoms with Crippen molar-refractivity contribution >= 4 is 11.6 Å². The number of anilines is 1. The van der Waals surface area contributed by atoms with Gasteiger partial charge in [0.2, 0.25) is 0 Å². The molecule has 1 aromatic carbocycles. The van der Waals surface area contributed by atoms with Crippen LogP contribution in [0.3, 0.4) is 0 Å². The third-order valence-electron chi connectivity index (χ3n) is 3.00. The molecular weight excluding hydrogens is 256 g/mol. The highest BCUT2D eigenvalue weighted by Crippen LogP contribution is 2.20. The summed E-state index contributed by atoms with van der Waals surface area (Å²) in [6.07, 6.45) is 1.60. The average molecular weight is 280 g/mol. The topological polar surface area (TPSA) is 84.6 Å². The van der Waals surface area contributed by atoms with E-state index in [0.29, 0.717) is 18.0 Å². The zero-order chi connectivity index (χ0) is 15.0. The number of nitrogens with one attached hydrogen (secondary N) is 1. The van der Waals surface area contributed by atoms with Crippen LogP contribution in [-0.2, 0) is 4.79 Å². The van der Waals surface area contributed by atoms with Crippen LogP contribution >= 0.6 is 0 Å². The third-order valence-corrected chi connectivity index (χ3v) is 3.00. The van der Waals surface area contributed by atoms with Crippen LogP contribution in [0.1, 0.15) is 26.7 Å². The number of nitrogen functional groups attached to an aromatic ring is 1. The van der Waals surface area contributed by atoms with E-state index in [4.69, 9.17) is 15.6 Å². The molecule has 1 amide bonds. The third kappa shape index (κ3) is 6.43. The van der Waals surface area contributed by atoms with Crippen molar-refractivity contribution in [1.29, 1.82) is 0 Å². The van der Waals surface area contributed by atoms with Gasteiger partial charge in [-0.25, -0.2) is 0 Å². The summed E-state index contributed by atoms with van der Waals surface area (Å²) in [4.78, 5) is 11.7. The molecule has 0 fully saturated rings. The van der Waals surface area contributed by atoms with Crippen molar-refractivity contribution in [2.24, 2.45) is 5.41 Å². The molecule has 5 nitrogen and oxygen atoms in total. The second kappa shape index (κ2) is 7.75. The molecule has 0 aliphatic rings. The molecule has 0 aliphatic carbocycles. The highest BCUT2D eigenvalue weighted by molar-refractivity contribution is 5.77. The summed E-state index contributed by atoms with van der Waals surface area (Å²) in [6.45, 7) is 4.82. The zero-order valence-electron chi connectivity index (χ0n) is 12.2. The van der Waals surface area contributed by atoms with Crippen molar-refractivity contribution in [1.82, 2.24) is 5.32 Å². The fourth-order valence-electron chi connectivity index (χ4n) is 1.79. The number of hydrogen-bond donors (Lipinski definition) is 3. The Bertz CT molecular complexity index is 433. The van der Waals surface area contributed by atoms with Gasteiger partial charge in [-0.05, 0) is 30.4 Å². The number of nitrogens with two attached hydrogens (primary N) is 1. The zero-order valence-corrected chi connectivity index (χ0v) is 12.2. The Labute approximate surface area is 120 Å². The molecule has 0 atom stereocenters. The molecule has 0 aromatic heterocycles. The van der Waals surface area contributed by atoms with Gasteiger partial charge in [-0.2, -0.15) is 0 Å². The Morgan fingerprint density at radius 1 is 1.45 bits per heavy atom. The smallest absolute Gasteiger partial charge is 0.257 e. The number of benzene rings is 1. The minimum Gasteiger partial charge on any atom is -0.484 e. The lowest BCUT2D eigenvalue weighted by atomic mass is 9.88. The maximum absolute atomic E-state index is 11.7. The van der Waals surface area contributed by atoms with Gasteiger partial charge in [-0.15, -0.1) is 0 Å². The van der Waals surface area contributed by atoms with Crippen LogP contribution in [0.15, 0.2) is 24.3 Å². The number of aliphatic hydroxyl groups excluding tert-OH is 1. The number of rotatable bonds is 8. The number of ether oxygens (including phenoxy) is 1. The lowest BCUT2D eigenvalue weighted by Gasteiger charge is -2.24. The fraction of sp³-hybridized carbons (Fsp3) is 0.533. The molecule has 0 spiro atoms. The second-order valence-electron chi connectivity index (χ2n) is 5.63. The summed E-state index contributed by atoms with van der Waals surface area (Å²) in [6, 6.07) is 6.98. The van der Waals surface area contributed by atoms with Crippen molar-refractivity contribution < 1.29 is 14.6 Å². The van der Waals surface area contributed by atoms with Gasteiger partial charge in [0.05, 0.1) is 0 Å². The van der Waals surface area contributed by atoms with E-state index in [2.05, 4.69) is 19.2 Å². The standard InChI is InChI=1S/C15H24N2O3/c1-15(2,7-4-8-18)11-17-14(19)10-20-13-6-3-5-12(16)9-13/h3,5-6,9,18H,4,7-8,10-11,16H2,1-2H3,(H,17,19). The Morgan fingerprint density at radius 3 is 2.85 bits per heavy atom. The van der Waals surface area contributed by atoms with E-state index in [9.17, 15) is 4.79 Å². The lowest BCUT2D eigenvalue weighted by molar-refractivity contribution is -0.123. The molecule has 112 valence electrons. The molecule has 1 aromatic rings. The van der Waals surface area contributed by atoms with Gasteiger partial charge in [-0.3, -0.25) is 4.79 Å². The molecule has 20 heavy (non-hydrogen) atoms. The number of aliphatic hydroxyl groups is 1. The largest absolute Gasteiger partial charge is 0.484 e. The van der Waals surface area contributed by atoms with Crippen molar-refractivity contribution in [2.75, 3.05) is 25.5 Å². The van der Waals surface area contributed by atoms with Crippen LogP contribution in [0.4, 0.5) is 5.69 Å². The van der Waals surface area contributed by atoms with Crippen molar-refractivity contribution in [3.8, 4) is 5.75 Å². The fourth-order valence-corrected chi connectivity index (χ4v) is 1.79. The molecule has 0 bridgehead atoms. The van der Waals surface area contributed by atoms with Crippen LogP contribution in [0.25, 0.3) is 0 Å². The van der Waals surface area contributed by atoms with Crippen LogP contribution in [0, 0.1) is 5.41 Å². The molecule has 0 saturated carbocycles. The molecule has 0 aliphatic heterocycles. The quantitative estimate of drug-likeness (QED) is 0.631. The maximum Gasteiger partial charge on any atom is 0.257 e. The summed E-state index contributed by atoms with van der Waals surface area (Å²) in [5.41, 5.74) is 6.20. The van der Waals surface area contributed by atoms with E-state index in [1.54, 1.807) is 24.3 Å². The Morgan fingerprint density at radius 2 is 2.20 bits per heavy atom. The number of carbonyl (C=O) groups excluding carboxylic acids is 1. The van der Waals surface area contributed by atoms with E-state index in [1.807, 2.05) is 0 Å². The minimum absolute atomic E-state index is 0.0282. The molecule has 1 rings (SSSR count). The Kier molecular flexibility index (Phi) is 6.31. The monoisotopic (exact) mass is 280 g/mol. The van der Waals surface area contributed by atoms with Crippen LogP contribution < -0.4 is 15.8 Å². The first-order valence-corrected chi connectivity index (χ1v) is 6.79. The highest BCUT2D eigenvalue weighted by Gasteiger charge is 2.18. The molecule has 0 unspecified atom stereocenters. The first kappa shape index (κ1) is 16.3. The first-order valence-electron chi connectivity index (χ1n) is 6.79. The van der Waals surface area contributed by atoms with Crippen LogP contribution in [0.5, 0.6) is 5.75 Å². The number of carbonyl (C=O) groups is 1. The summed E-state index contributed by atoms with van der Waals surface area (Å²) in [5.74, 6) is 0.421.